The molecule has 4 rings (SSSR count). The number of hydrogen-bond acceptors (Lipinski definition) is 2. The van der Waals surface area contributed by atoms with Gasteiger partial charge in [-0.3, -0.25) is 4.79 Å². The van der Waals surface area contributed by atoms with Gasteiger partial charge in [0.05, 0.1) is 0 Å². The van der Waals surface area contributed by atoms with Crippen molar-refractivity contribution in [3.63, 3.8) is 0 Å². The second kappa shape index (κ2) is 6.80. The summed E-state index contributed by atoms with van der Waals surface area (Å²) in [5.41, 5.74) is 7.68. The lowest BCUT2D eigenvalue weighted by atomic mass is 9.92. The van der Waals surface area contributed by atoms with Crippen LogP contribution in [0.1, 0.15) is 29.2 Å². The van der Waals surface area contributed by atoms with E-state index in [1.165, 1.54) is 33.4 Å². The Kier molecular flexibility index (Phi) is 4.34. The van der Waals surface area contributed by atoms with Gasteiger partial charge in [-0.2, -0.15) is 0 Å². The first-order valence-corrected chi connectivity index (χ1v) is 9.13. The fourth-order valence-corrected chi connectivity index (χ4v) is 3.62. The summed E-state index contributed by atoms with van der Waals surface area (Å²) >= 11 is 0. The number of rotatable bonds is 4. The van der Waals surface area contributed by atoms with Gasteiger partial charge in [0.1, 0.15) is 5.75 Å². The van der Waals surface area contributed by atoms with Crippen molar-refractivity contribution < 1.29 is 9.90 Å². The van der Waals surface area contributed by atoms with Gasteiger partial charge in [0.25, 0.3) is 0 Å². The Bertz CT molecular complexity index is 943. The van der Waals surface area contributed by atoms with Crippen LogP contribution >= 0.6 is 0 Å². The summed E-state index contributed by atoms with van der Waals surface area (Å²) in [6.45, 7) is 1.95. The van der Waals surface area contributed by atoms with Crippen molar-refractivity contribution in [3.8, 4) is 5.75 Å². The minimum absolute atomic E-state index is 0.0273. The van der Waals surface area contributed by atoms with Crippen LogP contribution in [0.4, 0.5) is 0 Å². The van der Waals surface area contributed by atoms with Crippen LogP contribution in [0.25, 0.3) is 6.08 Å². The third-order valence-electron chi connectivity index (χ3n) is 5.24. The van der Waals surface area contributed by atoms with Gasteiger partial charge in [-0.05, 0) is 70.9 Å². The molecule has 2 nitrogen and oxygen atoms in total. The number of phenolic OH excluding ortho intramolecular Hbond substituents is 1. The molecule has 0 aromatic heterocycles. The maximum Gasteiger partial charge on any atom is 0.162 e. The SMILES string of the molecule is CC1C=C(C2=Cc3cc(CCc4ccc(O)cc4)ccc3C2)C=CC1=O. The molecule has 130 valence electrons. The van der Waals surface area contributed by atoms with Crippen molar-refractivity contribution in [2.45, 2.75) is 26.2 Å². The van der Waals surface area contributed by atoms with Crippen LogP contribution in [-0.4, -0.2) is 10.9 Å². The van der Waals surface area contributed by atoms with Gasteiger partial charge in [-0.1, -0.05) is 55.5 Å². The molecule has 0 spiro atoms. The number of ketones is 1. The normalized spacial score (nSPS) is 18.5. The van der Waals surface area contributed by atoms with E-state index in [0.29, 0.717) is 5.75 Å². The van der Waals surface area contributed by atoms with Gasteiger partial charge in [0, 0.05) is 5.92 Å². The van der Waals surface area contributed by atoms with Crippen LogP contribution in [0, 0.1) is 5.92 Å². The summed E-state index contributed by atoms with van der Waals surface area (Å²) in [4.78, 5) is 11.7. The Hall–Kier alpha value is -2.87. The van der Waals surface area contributed by atoms with E-state index in [4.69, 9.17) is 0 Å². The highest BCUT2D eigenvalue weighted by Gasteiger charge is 2.19. The molecule has 1 N–H and O–H groups in total. The predicted octanol–water partition coefficient (Wildman–Crippen LogP) is 4.82. The van der Waals surface area contributed by atoms with E-state index in [9.17, 15) is 9.90 Å². The van der Waals surface area contributed by atoms with Crippen molar-refractivity contribution in [2.75, 3.05) is 0 Å². The number of phenols is 1. The summed E-state index contributed by atoms with van der Waals surface area (Å²) in [7, 11) is 0. The first kappa shape index (κ1) is 16.6. The molecular formula is C24H22O2. The van der Waals surface area contributed by atoms with E-state index in [0.717, 1.165) is 19.3 Å². The molecule has 0 heterocycles. The molecule has 26 heavy (non-hydrogen) atoms. The maximum absolute atomic E-state index is 11.7. The Labute approximate surface area is 154 Å². The Morgan fingerprint density at radius 3 is 2.50 bits per heavy atom. The van der Waals surface area contributed by atoms with E-state index in [-0.39, 0.29) is 11.7 Å². The number of fused-ring (bicyclic) bond motifs is 1. The average molecular weight is 342 g/mol. The van der Waals surface area contributed by atoms with Crippen LogP contribution in [0.3, 0.4) is 0 Å². The van der Waals surface area contributed by atoms with E-state index in [1.54, 1.807) is 18.2 Å². The number of aryl methyl sites for hydroxylation is 2. The molecule has 0 amide bonds. The zero-order chi connectivity index (χ0) is 18.1. The molecule has 2 aliphatic rings. The highest BCUT2D eigenvalue weighted by molar-refractivity contribution is 5.95. The molecule has 0 saturated carbocycles. The zero-order valence-electron chi connectivity index (χ0n) is 14.9. The molecule has 2 aromatic rings. The van der Waals surface area contributed by atoms with Gasteiger partial charge in [-0.15, -0.1) is 0 Å². The van der Waals surface area contributed by atoms with Crippen LogP contribution < -0.4 is 0 Å². The Balaban J connectivity index is 1.49. The zero-order valence-corrected chi connectivity index (χ0v) is 14.9. The van der Waals surface area contributed by atoms with Crippen molar-refractivity contribution in [3.05, 3.63) is 94.1 Å². The van der Waals surface area contributed by atoms with Gasteiger partial charge >= 0.3 is 0 Å². The maximum atomic E-state index is 11.7. The molecule has 0 bridgehead atoms. The number of benzene rings is 2. The number of aromatic hydroxyl groups is 1. The quantitative estimate of drug-likeness (QED) is 0.865. The van der Waals surface area contributed by atoms with E-state index in [1.807, 2.05) is 25.1 Å². The molecule has 0 aliphatic heterocycles. The molecule has 2 aromatic carbocycles. The van der Waals surface area contributed by atoms with Crippen LogP contribution in [0.2, 0.25) is 0 Å². The summed E-state index contributed by atoms with van der Waals surface area (Å²) in [6, 6.07) is 14.2. The fourth-order valence-electron chi connectivity index (χ4n) is 3.62. The lowest BCUT2D eigenvalue weighted by molar-refractivity contribution is -0.116. The van der Waals surface area contributed by atoms with Crippen LogP contribution in [-0.2, 0) is 24.1 Å². The lowest BCUT2D eigenvalue weighted by Gasteiger charge is -2.12. The Morgan fingerprint density at radius 2 is 1.73 bits per heavy atom. The lowest BCUT2D eigenvalue weighted by Crippen LogP contribution is -2.09. The molecule has 0 fully saturated rings. The minimum Gasteiger partial charge on any atom is -0.508 e. The first-order valence-electron chi connectivity index (χ1n) is 9.13. The molecule has 0 saturated heterocycles. The third-order valence-corrected chi connectivity index (χ3v) is 5.24. The molecule has 1 atom stereocenters. The van der Waals surface area contributed by atoms with Crippen molar-refractivity contribution in [2.24, 2.45) is 5.92 Å². The molecule has 2 heteroatoms. The number of allylic oxidation sites excluding steroid dienone is 5. The second-order valence-corrected chi connectivity index (χ2v) is 7.19. The largest absolute Gasteiger partial charge is 0.508 e. The summed E-state index contributed by atoms with van der Waals surface area (Å²) in [6.07, 6.45) is 10.9. The van der Waals surface area contributed by atoms with E-state index >= 15 is 0 Å². The van der Waals surface area contributed by atoms with Gasteiger partial charge in [0.15, 0.2) is 5.78 Å². The standard InChI is InChI=1S/C24H22O2/c1-16-12-19(8-11-24(16)26)22-14-20-7-4-18(13-21(20)15-22)3-2-17-5-9-23(25)10-6-17/h4-13,15-16,25H,2-3,14H2,1H3. The number of carbonyl (C=O) groups excluding carboxylic acids is 1. The van der Waals surface area contributed by atoms with Gasteiger partial charge < -0.3 is 5.11 Å². The summed E-state index contributed by atoms with van der Waals surface area (Å²) < 4.78 is 0. The molecule has 2 aliphatic carbocycles. The van der Waals surface area contributed by atoms with Crippen LogP contribution in [0.5, 0.6) is 5.75 Å². The van der Waals surface area contributed by atoms with Crippen molar-refractivity contribution in [1.29, 1.82) is 0 Å². The predicted molar refractivity (Wildman–Crippen MR) is 105 cm³/mol. The molecule has 1 unspecified atom stereocenters. The summed E-state index contributed by atoms with van der Waals surface area (Å²) in [5.74, 6) is 0.466. The average Bonchev–Trinajstić information content (AvgIpc) is 3.07. The highest BCUT2D eigenvalue weighted by Crippen LogP contribution is 2.32. The fraction of sp³-hybridized carbons (Fsp3) is 0.208. The topological polar surface area (TPSA) is 37.3 Å². The van der Waals surface area contributed by atoms with Crippen molar-refractivity contribution in [1.82, 2.24) is 0 Å². The first-order chi connectivity index (χ1) is 12.6. The minimum atomic E-state index is -0.0273. The van der Waals surface area contributed by atoms with Gasteiger partial charge in [0.2, 0.25) is 0 Å². The molecule has 0 radical (unpaired) electrons. The highest BCUT2D eigenvalue weighted by atomic mass is 16.3. The van der Waals surface area contributed by atoms with Crippen molar-refractivity contribution >= 4 is 11.9 Å². The second-order valence-electron chi connectivity index (χ2n) is 7.19. The smallest absolute Gasteiger partial charge is 0.162 e. The Morgan fingerprint density at radius 1 is 1.00 bits per heavy atom. The number of hydrogen-bond donors (Lipinski definition) is 1. The van der Waals surface area contributed by atoms with E-state index in [2.05, 4.69) is 30.4 Å². The molecular weight excluding hydrogens is 320 g/mol. The third kappa shape index (κ3) is 3.41. The van der Waals surface area contributed by atoms with Crippen LogP contribution in [0.15, 0.2) is 71.8 Å². The summed E-state index contributed by atoms with van der Waals surface area (Å²) in [5, 5.41) is 9.38. The van der Waals surface area contributed by atoms with Gasteiger partial charge in [-0.25, -0.2) is 0 Å². The van der Waals surface area contributed by atoms with E-state index < -0.39 is 0 Å². The number of carbonyl (C=O) groups is 1. The monoisotopic (exact) mass is 342 g/mol.